The van der Waals surface area contributed by atoms with Crippen molar-refractivity contribution in [1.82, 2.24) is 10.2 Å². The number of nitrogens with zero attached hydrogens (tertiary/aromatic N) is 1. The first-order chi connectivity index (χ1) is 10.0. The third-order valence-electron chi connectivity index (χ3n) is 4.17. The normalized spacial score (nSPS) is 18.7. The maximum absolute atomic E-state index is 3.83. The largest absolute Gasteiger partial charge is 0.311 e. The molecule has 1 N–H and O–H groups in total. The number of hydrogen-bond acceptors (Lipinski definition) is 3. The predicted octanol–water partition coefficient (Wildman–Crippen LogP) is 4.01. The van der Waals surface area contributed by atoms with Crippen LogP contribution in [0.2, 0.25) is 0 Å². The zero-order valence-corrected chi connectivity index (χ0v) is 14.8. The highest BCUT2D eigenvalue weighted by molar-refractivity contribution is 7.11. The first-order valence-electron chi connectivity index (χ1n) is 8.20. The lowest BCUT2D eigenvalue weighted by Crippen LogP contribution is -2.45. The minimum absolute atomic E-state index is 0.581. The van der Waals surface area contributed by atoms with E-state index in [-0.39, 0.29) is 0 Å². The summed E-state index contributed by atoms with van der Waals surface area (Å²) in [4.78, 5) is 5.50. The third-order valence-corrected chi connectivity index (χ3v) is 5.19. The molecule has 1 saturated heterocycles. The Morgan fingerprint density at radius 1 is 1.38 bits per heavy atom. The fourth-order valence-corrected chi connectivity index (χ4v) is 3.97. The molecule has 0 amide bonds. The molecule has 3 heteroatoms. The van der Waals surface area contributed by atoms with Gasteiger partial charge in [0.25, 0.3) is 0 Å². The molecule has 1 unspecified atom stereocenters. The number of piperidine rings is 1. The summed E-state index contributed by atoms with van der Waals surface area (Å²) in [5.41, 5.74) is 1.43. The fourth-order valence-electron chi connectivity index (χ4n) is 2.95. The molecule has 0 spiro atoms. The van der Waals surface area contributed by atoms with Crippen LogP contribution in [0.1, 0.15) is 43.4 Å². The number of likely N-dealkylation sites (tertiary alicyclic amines) is 1. The van der Waals surface area contributed by atoms with Crippen molar-refractivity contribution in [1.29, 1.82) is 0 Å². The quantitative estimate of drug-likeness (QED) is 0.799. The van der Waals surface area contributed by atoms with Gasteiger partial charge in [0, 0.05) is 28.4 Å². The summed E-state index contributed by atoms with van der Waals surface area (Å²) in [6, 6.07) is 5.79. The maximum Gasteiger partial charge on any atom is 0.0165 e. The predicted molar refractivity (Wildman–Crippen MR) is 94.3 cm³/mol. The Hall–Kier alpha value is -0.640. The van der Waals surface area contributed by atoms with E-state index >= 15 is 0 Å². The van der Waals surface area contributed by atoms with Crippen molar-refractivity contribution in [3.8, 4) is 0 Å². The second-order valence-electron chi connectivity index (χ2n) is 6.64. The molecule has 2 heterocycles. The molecule has 0 bridgehead atoms. The standard InChI is InChI=1S/C18H30N2S/c1-14(2)7-10-20-11-8-17(9-12-20)19-15(3)13-18-6-5-16(4)21-18/h5-7,15,17,19H,8-13H2,1-4H3. The zero-order chi connectivity index (χ0) is 15.2. The molecular formula is C18H30N2S. The fraction of sp³-hybridized carbons (Fsp3) is 0.667. The summed E-state index contributed by atoms with van der Waals surface area (Å²) < 4.78 is 0. The van der Waals surface area contributed by atoms with Gasteiger partial charge in [0.1, 0.15) is 0 Å². The summed E-state index contributed by atoms with van der Waals surface area (Å²) in [5, 5.41) is 3.83. The summed E-state index contributed by atoms with van der Waals surface area (Å²) in [6.45, 7) is 12.5. The van der Waals surface area contributed by atoms with Crippen molar-refractivity contribution < 1.29 is 0 Å². The van der Waals surface area contributed by atoms with Crippen molar-refractivity contribution in [3.05, 3.63) is 33.5 Å². The Kier molecular flexibility index (Phi) is 6.46. The van der Waals surface area contributed by atoms with E-state index in [4.69, 9.17) is 0 Å². The van der Waals surface area contributed by atoms with E-state index in [0.717, 1.165) is 13.0 Å². The molecule has 0 aromatic carbocycles. The van der Waals surface area contributed by atoms with Gasteiger partial charge in [-0.3, -0.25) is 4.90 Å². The Bertz CT molecular complexity index is 452. The molecule has 0 aliphatic carbocycles. The average molecular weight is 307 g/mol. The summed E-state index contributed by atoms with van der Waals surface area (Å²) in [5.74, 6) is 0. The smallest absolute Gasteiger partial charge is 0.0165 e. The Morgan fingerprint density at radius 3 is 2.67 bits per heavy atom. The molecule has 1 fully saturated rings. The zero-order valence-electron chi connectivity index (χ0n) is 14.0. The van der Waals surface area contributed by atoms with Crippen LogP contribution >= 0.6 is 11.3 Å². The van der Waals surface area contributed by atoms with Gasteiger partial charge in [-0.2, -0.15) is 0 Å². The van der Waals surface area contributed by atoms with Crippen molar-refractivity contribution in [2.75, 3.05) is 19.6 Å². The van der Waals surface area contributed by atoms with Crippen molar-refractivity contribution in [2.45, 2.75) is 59.0 Å². The SMILES string of the molecule is CC(C)=CCN1CCC(NC(C)Cc2ccc(C)s2)CC1. The van der Waals surface area contributed by atoms with Crippen LogP contribution in [-0.2, 0) is 6.42 Å². The monoisotopic (exact) mass is 306 g/mol. The molecule has 1 aromatic rings. The second-order valence-corrected chi connectivity index (χ2v) is 8.01. The molecule has 1 aliphatic rings. The molecule has 0 radical (unpaired) electrons. The second kappa shape index (κ2) is 8.11. The van der Waals surface area contributed by atoms with E-state index in [1.165, 1.54) is 41.3 Å². The number of thiophene rings is 1. The highest BCUT2D eigenvalue weighted by atomic mass is 32.1. The van der Waals surface area contributed by atoms with Crippen LogP contribution in [0.15, 0.2) is 23.8 Å². The highest BCUT2D eigenvalue weighted by Crippen LogP contribution is 2.18. The lowest BCUT2D eigenvalue weighted by molar-refractivity contribution is 0.208. The number of rotatable bonds is 6. The number of hydrogen-bond donors (Lipinski definition) is 1. The van der Waals surface area contributed by atoms with Crippen LogP contribution in [0.3, 0.4) is 0 Å². The van der Waals surface area contributed by atoms with Gasteiger partial charge in [0.05, 0.1) is 0 Å². The molecule has 1 aromatic heterocycles. The van der Waals surface area contributed by atoms with E-state index in [1.54, 1.807) is 0 Å². The Labute approximate surface area is 134 Å². The Morgan fingerprint density at radius 2 is 2.10 bits per heavy atom. The summed E-state index contributed by atoms with van der Waals surface area (Å²) in [6.07, 6.45) is 6.07. The van der Waals surface area contributed by atoms with Gasteiger partial charge < -0.3 is 5.32 Å². The van der Waals surface area contributed by atoms with E-state index in [0.29, 0.717) is 12.1 Å². The van der Waals surface area contributed by atoms with Crippen LogP contribution in [0.5, 0.6) is 0 Å². The lowest BCUT2D eigenvalue weighted by Gasteiger charge is -2.33. The van der Waals surface area contributed by atoms with Gasteiger partial charge in [0.15, 0.2) is 0 Å². The van der Waals surface area contributed by atoms with Crippen molar-refractivity contribution in [2.24, 2.45) is 0 Å². The number of allylic oxidation sites excluding steroid dienone is 1. The lowest BCUT2D eigenvalue weighted by atomic mass is 10.0. The highest BCUT2D eigenvalue weighted by Gasteiger charge is 2.19. The topological polar surface area (TPSA) is 15.3 Å². The molecule has 0 saturated carbocycles. The van der Waals surface area contributed by atoms with Gasteiger partial charge in [-0.15, -0.1) is 11.3 Å². The summed E-state index contributed by atoms with van der Waals surface area (Å²) in [7, 11) is 0. The van der Waals surface area contributed by atoms with Gasteiger partial charge in [-0.25, -0.2) is 0 Å². The molecule has 1 atom stereocenters. The molecular weight excluding hydrogens is 276 g/mol. The molecule has 2 rings (SSSR count). The van der Waals surface area contributed by atoms with Gasteiger partial charge in [-0.1, -0.05) is 11.6 Å². The number of nitrogens with one attached hydrogen (secondary N) is 1. The van der Waals surface area contributed by atoms with Crippen LogP contribution in [0.4, 0.5) is 0 Å². The summed E-state index contributed by atoms with van der Waals surface area (Å²) >= 11 is 1.93. The van der Waals surface area contributed by atoms with Crippen LogP contribution in [0.25, 0.3) is 0 Å². The minimum atomic E-state index is 0.581. The van der Waals surface area contributed by atoms with E-state index in [2.05, 4.69) is 56.1 Å². The first kappa shape index (κ1) is 16.7. The minimum Gasteiger partial charge on any atom is -0.311 e. The van der Waals surface area contributed by atoms with Crippen LogP contribution in [0, 0.1) is 6.92 Å². The average Bonchev–Trinajstić information content (AvgIpc) is 2.83. The Balaban J connectivity index is 1.69. The van der Waals surface area contributed by atoms with Gasteiger partial charge >= 0.3 is 0 Å². The van der Waals surface area contributed by atoms with Crippen molar-refractivity contribution >= 4 is 11.3 Å². The molecule has 2 nitrogen and oxygen atoms in total. The third kappa shape index (κ3) is 5.93. The van der Waals surface area contributed by atoms with E-state index in [9.17, 15) is 0 Å². The van der Waals surface area contributed by atoms with E-state index in [1.807, 2.05) is 11.3 Å². The van der Waals surface area contributed by atoms with Crippen LogP contribution < -0.4 is 5.32 Å². The maximum atomic E-state index is 3.83. The first-order valence-corrected chi connectivity index (χ1v) is 9.01. The van der Waals surface area contributed by atoms with E-state index < -0.39 is 0 Å². The molecule has 1 aliphatic heterocycles. The number of aryl methyl sites for hydroxylation is 1. The molecule has 21 heavy (non-hydrogen) atoms. The van der Waals surface area contributed by atoms with Crippen molar-refractivity contribution in [3.63, 3.8) is 0 Å². The van der Waals surface area contributed by atoms with Gasteiger partial charge in [0.2, 0.25) is 0 Å². The molecule has 118 valence electrons. The van der Waals surface area contributed by atoms with Gasteiger partial charge in [-0.05, 0) is 72.2 Å². The van der Waals surface area contributed by atoms with Crippen LogP contribution in [-0.4, -0.2) is 36.6 Å².